The van der Waals surface area contributed by atoms with Crippen molar-refractivity contribution in [2.75, 3.05) is 5.32 Å². The Labute approximate surface area is 83.7 Å². The van der Waals surface area contributed by atoms with E-state index in [1.165, 1.54) is 0 Å². The minimum absolute atomic E-state index is 0.000139. The lowest BCUT2D eigenvalue weighted by molar-refractivity contribution is -0.119. The van der Waals surface area contributed by atoms with E-state index in [2.05, 4.69) is 17.4 Å². The molecule has 4 nitrogen and oxygen atoms in total. The number of amides is 1. The van der Waals surface area contributed by atoms with Crippen molar-refractivity contribution in [2.45, 2.75) is 33.6 Å². The van der Waals surface area contributed by atoms with Crippen LogP contribution in [0.25, 0.3) is 0 Å². The number of carbonyl (C=O) groups is 1. The average molecular weight is 196 g/mol. The molecule has 0 saturated carbocycles. The quantitative estimate of drug-likeness (QED) is 0.804. The van der Waals surface area contributed by atoms with Crippen LogP contribution < -0.4 is 5.32 Å². The van der Waals surface area contributed by atoms with Crippen molar-refractivity contribution in [1.82, 2.24) is 5.16 Å². The molecule has 0 aliphatic rings. The molecule has 0 radical (unpaired) electrons. The molecule has 1 unspecified atom stereocenters. The van der Waals surface area contributed by atoms with Gasteiger partial charge in [-0.25, -0.2) is 0 Å². The second-order valence-corrected chi connectivity index (χ2v) is 3.50. The molecular formula is C10H16N2O2. The smallest absolute Gasteiger partial charge is 0.228 e. The molecule has 1 N–H and O–H groups in total. The molecule has 0 aliphatic carbocycles. The van der Waals surface area contributed by atoms with Gasteiger partial charge in [-0.2, -0.15) is 0 Å². The Morgan fingerprint density at radius 3 is 2.93 bits per heavy atom. The highest BCUT2D eigenvalue weighted by molar-refractivity contribution is 5.91. The summed E-state index contributed by atoms with van der Waals surface area (Å²) in [7, 11) is 0. The van der Waals surface area contributed by atoms with Gasteiger partial charge in [0.25, 0.3) is 0 Å². The second-order valence-electron chi connectivity index (χ2n) is 3.50. The molecule has 4 heteroatoms. The standard InChI is InChI=1S/C10H16N2O2/c1-4-5-7(2)10(13)11-9-6-8(3)14-12-9/h6-7H,4-5H2,1-3H3,(H,11,12,13). The van der Waals surface area contributed by atoms with Gasteiger partial charge in [-0.05, 0) is 13.3 Å². The Kier molecular flexibility index (Phi) is 3.68. The van der Waals surface area contributed by atoms with Gasteiger partial charge in [-0.15, -0.1) is 0 Å². The van der Waals surface area contributed by atoms with Crippen LogP contribution in [0.2, 0.25) is 0 Å². The number of nitrogens with zero attached hydrogens (tertiary/aromatic N) is 1. The van der Waals surface area contributed by atoms with Crippen LogP contribution in [-0.2, 0) is 4.79 Å². The van der Waals surface area contributed by atoms with Gasteiger partial charge in [0, 0.05) is 12.0 Å². The summed E-state index contributed by atoms with van der Waals surface area (Å²) >= 11 is 0. The van der Waals surface area contributed by atoms with Crippen LogP contribution in [0.5, 0.6) is 0 Å². The summed E-state index contributed by atoms with van der Waals surface area (Å²) in [6.45, 7) is 5.76. The molecule has 1 heterocycles. The molecule has 14 heavy (non-hydrogen) atoms. The molecule has 1 amide bonds. The molecule has 1 rings (SSSR count). The molecule has 1 aromatic heterocycles. The lowest BCUT2D eigenvalue weighted by Gasteiger charge is -2.07. The predicted octanol–water partition coefficient (Wildman–Crippen LogP) is 2.36. The third-order valence-electron chi connectivity index (χ3n) is 2.05. The normalized spacial score (nSPS) is 12.5. The summed E-state index contributed by atoms with van der Waals surface area (Å²) < 4.78 is 4.84. The fourth-order valence-corrected chi connectivity index (χ4v) is 1.24. The van der Waals surface area contributed by atoms with Gasteiger partial charge in [0.05, 0.1) is 0 Å². The van der Waals surface area contributed by atoms with Crippen LogP contribution in [0.1, 0.15) is 32.4 Å². The Balaban J connectivity index is 2.48. The fourth-order valence-electron chi connectivity index (χ4n) is 1.24. The van der Waals surface area contributed by atoms with E-state index in [9.17, 15) is 4.79 Å². The zero-order valence-corrected chi connectivity index (χ0v) is 8.83. The highest BCUT2D eigenvalue weighted by atomic mass is 16.5. The second kappa shape index (κ2) is 4.79. The Hall–Kier alpha value is -1.32. The minimum Gasteiger partial charge on any atom is -0.360 e. The summed E-state index contributed by atoms with van der Waals surface area (Å²) in [5.41, 5.74) is 0. The lowest BCUT2D eigenvalue weighted by atomic mass is 10.1. The number of carbonyl (C=O) groups excluding carboxylic acids is 1. The zero-order chi connectivity index (χ0) is 10.6. The van der Waals surface area contributed by atoms with Gasteiger partial charge < -0.3 is 9.84 Å². The van der Waals surface area contributed by atoms with Gasteiger partial charge in [-0.3, -0.25) is 4.79 Å². The van der Waals surface area contributed by atoms with Gasteiger partial charge in [-0.1, -0.05) is 25.4 Å². The maximum atomic E-state index is 11.5. The maximum Gasteiger partial charge on any atom is 0.228 e. The van der Waals surface area contributed by atoms with E-state index in [0.717, 1.165) is 12.8 Å². The summed E-state index contributed by atoms with van der Waals surface area (Å²) in [5, 5.41) is 6.39. The van der Waals surface area contributed by atoms with Gasteiger partial charge in [0.2, 0.25) is 5.91 Å². The summed E-state index contributed by atoms with van der Waals surface area (Å²) in [5.74, 6) is 1.22. The van der Waals surface area contributed by atoms with Crippen molar-refractivity contribution < 1.29 is 9.32 Å². The number of hydrogen-bond acceptors (Lipinski definition) is 3. The third-order valence-corrected chi connectivity index (χ3v) is 2.05. The van der Waals surface area contributed by atoms with Crippen molar-refractivity contribution in [3.63, 3.8) is 0 Å². The van der Waals surface area contributed by atoms with Crippen molar-refractivity contribution >= 4 is 11.7 Å². The highest BCUT2D eigenvalue weighted by Crippen LogP contribution is 2.11. The number of rotatable bonds is 4. The first-order valence-corrected chi connectivity index (χ1v) is 4.87. The average Bonchev–Trinajstić information content (AvgIpc) is 2.51. The third kappa shape index (κ3) is 2.87. The van der Waals surface area contributed by atoms with Crippen LogP contribution in [-0.4, -0.2) is 11.1 Å². The predicted molar refractivity (Wildman–Crippen MR) is 53.9 cm³/mol. The minimum atomic E-state index is 0.000139. The SMILES string of the molecule is CCCC(C)C(=O)Nc1cc(C)on1. The van der Waals surface area contributed by atoms with Crippen molar-refractivity contribution in [3.05, 3.63) is 11.8 Å². The van der Waals surface area contributed by atoms with E-state index in [4.69, 9.17) is 4.52 Å². The Morgan fingerprint density at radius 2 is 2.43 bits per heavy atom. The zero-order valence-electron chi connectivity index (χ0n) is 8.83. The molecule has 1 atom stereocenters. The molecular weight excluding hydrogens is 180 g/mol. The van der Waals surface area contributed by atoms with E-state index >= 15 is 0 Å². The van der Waals surface area contributed by atoms with Crippen molar-refractivity contribution in [3.8, 4) is 0 Å². The molecule has 0 spiro atoms. The summed E-state index contributed by atoms with van der Waals surface area (Å²) in [6, 6.07) is 1.70. The van der Waals surface area contributed by atoms with Gasteiger partial charge in [0.1, 0.15) is 5.76 Å². The van der Waals surface area contributed by atoms with Crippen LogP contribution >= 0.6 is 0 Å². The van der Waals surface area contributed by atoms with Crippen molar-refractivity contribution in [2.24, 2.45) is 5.92 Å². The van der Waals surface area contributed by atoms with Gasteiger partial charge >= 0.3 is 0 Å². The topological polar surface area (TPSA) is 55.1 Å². The van der Waals surface area contributed by atoms with E-state index < -0.39 is 0 Å². The molecule has 0 aliphatic heterocycles. The molecule has 0 fully saturated rings. The molecule has 78 valence electrons. The fraction of sp³-hybridized carbons (Fsp3) is 0.600. The number of hydrogen-bond donors (Lipinski definition) is 1. The highest BCUT2D eigenvalue weighted by Gasteiger charge is 2.13. The van der Waals surface area contributed by atoms with E-state index in [1.54, 1.807) is 13.0 Å². The van der Waals surface area contributed by atoms with Gasteiger partial charge in [0.15, 0.2) is 5.82 Å². The van der Waals surface area contributed by atoms with Crippen LogP contribution in [0.15, 0.2) is 10.6 Å². The Morgan fingerprint density at radius 1 is 1.71 bits per heavy atom. The molecule has 0 saturated heterocycles. The largest absolute Gasteiger partial charge is 0.360 e. The van der Waals surface area contributed by atoms with Crippen molar-refractivity contribution in [1.29, 1.82) is 0 Å². The number of aromatic nitrogens is 1. The van der Waals surface area contributed by atoms with Crippen LogP contribution in [0.4, 0.5) is 5.82 Å². The molecule has 0 bridgehead atoms. The summed E-state index contributed by atoms with van der Waals surface area (Å²) in [4.78, 5) is 11.5. The first-order valence-electron chi connectivity index (χ1n) is 4.87. The number of nitrogens with one attached hydrogen (secondary N) is 1. The molecule has 0 aromatic carbocycles. The van der Waals surface area contributed by atoms with E-state index in [-0.39, 0.29) is 11.8 Å². The maximum absolute atomic E-state index is 11.5. The first kappa shape index (κ1) is 10.8. The lowest BCUT2D eigenvalue weighted by Crippen LogP contribution is -2.20. The number of aryl methyl sites for hydroxylation is 1. The summed E-state index contributed by atoms with van der Waals surface area (Å²) in [6.07, 6.45) is 1.90. The Bertz CT molecular complexity index is 307. The first-order chi connectivity index (χ1) is 6.63. The van der Waals surface area contributed by atoms with E-state index in [0.29, 0.717) is 11.6 Å². The van der Waals surface area contributed by atoms with Crippen LogP contribution in [0.3, 0.4) is 0 Å². The van der Waals surface area contributed by atoms with Crippen LogP contribution in [0, 0.1) is 12.8 Å². The van der Waals surface area contributed by atoms with E-state index in [1.807, 2.05) is 6.92 Å². The molecule has 1 aromatic rings. The monoisotopic (exact) mass is 196 g/mol. The number of anilines is 1.